The number of hydrogen-bond donors (Lipinski definition) is 0. The zero-order valence-corrected chi connectivity index (χ0v) is 13.3. The lowest BCUT2D eigenvalue weighted by atomic mass is 10.1. The van der Waals surface area contributed by atoms with Crippen molar-refractivity contribution in [3.8, 4) is 0 Å². The summed E-state index contributed by atoms with van der Waals surface area (Å²) in [4.78, 5) is 35.0. The van der Waals surface area contributed by atoms with E-state index in [2.05, 4.69) is 9.88 Å². The number of likely N-dealkylation sites (tertiary alicyclic amines) is 1. The first-order valence-electron chi connectivity index (χ1n) is 7.95. The molecule has 2 saturated heterocycles. The quantitative estimate of drug-likeness (QED) is 0.827. The molecule has 1 aromatic heterocycles. The van der Waals surface area contributed by atoms with E-state index in [0.29, 0.717) is 19.0 Å². The number of carbonyl (C=O) groups excluding carboxylic acids is 2. The van der Waals surface area contributed by atoms with Crippen molar-refractivity contribution in [1.82, 2.24) is 14.8 Å². The van der Waals surface area contributed by atoms with Gasteiger partial charge in [0.2, 0.25) is 11.8 Å². The second-order valence-corrected chi connectivity index (χ2v) is 7.18. The highest BCUT2D eigenvalue weighted by Gasteiger charge is 2.43. The Morgan fingerprint density at radius 2 is 2.00 bits per heavy atom. The zero-order chi connectivity index (χ0) is 15.1. The summed E-state index contributed by atoms with van der Waals surface area (Å²) in [5.41, 5.74) is 0. The Hall–Kier alpha value is -1.63. The van der Waals surface area contributed by atoms with Crippen LogP contribution in [0.3, 0.4) is 0 Å². The van der Waals surface area contributed by atoms with E-state index >= 15 is 0 Å². The van der Waals surface area contributed by atoms with Crippen LogP contribution in [0.2, 0.25) is 0 Å². The summed E-state index contributed by atoms with van der Waals surface area (Å²) < 4.78 is 0. The summed E-state index contributed by atoms with van der Waals surface area (Å²) >= 11 is 1.64. The van der Waals surface area contributed by atoms with Gasteiger partial charge in [-0.2, -0.15) is 0 Å². The van der Waals surface area contributed by atoms with Crippen molar-refractivity contribution in [2.75, 3.05) is 37.6 Å². The molecule has 0 aromatic carbocycles. The number of thiazole rings is 1. The highest BCUT2D eigenvalue weighted by Crippen LogP contribution is 2.33. The standard InChI is InChI=1S/C15H20N4O2S/c20-13-9-11(10-19(13)12-1-2-12)14(21)17-4-6-18(7-5-17)15-16-3-8-22-15/h3,8,11-12H,1-2,4-7,9-10H2/t11-/m1/s1. The first kappa shape index (κ1) is 14.0. The molecule has 1 aromatic rings. The fourth-order valence-corrected chi connectivity index (χ4v) is 4.08. The fourth-order valence-electron chi connectivity index (χ4n) is 3.38. The highest BCUT2D eigenvalue weighted by molar-refractivity contribution is 7.13. The molecule has 1 aliphatic carbocycles. The van der Waals surface area contributed by atoms with Crippen molar-refractivity contribution in [1.29, 1.82) is 0 Å². The summed E-state index contributed by atoms with van der Waals surface area (Å²) in [5, 5.41) is 3.01. The molecule has 3 heterocycles. The monoisotopic (exact) mass is 320 g/mol. The molecule has 0 radical (unpaired) electrons. The maximum absolute atomic E-state index is 12.6. The van der Waals surface area contributed by atoms with Crippen molar-refractivity contribution in [2.24, 2.45) is 5.92 Å². The van der Waals surface area contributed by atoms with Gasteiger partial charge >= 0.3 is 0 Å². The number of piperazine rings is 1. The Balaban J connectivity index is 1.33. The molecule has 1 saturated carbocycles. The van der Waals surface area contributed by atoms with Crippen LogP contribution in [0.15, 0.2) is 11.6 Å². The van der Waals surface area contributed by atoms with Crippen LogP contribution in [-0.4, -0.2) is 65.4 Å². The molecule has 0 spiro atoms. The first-order valence-corrected chi connectivity index (χ1v) is 8.83. The molecule has 0 N–H and O–H groups in total. The summed E-state index contributed by atoms with van der Waals surface area (Å²) in [6.07, 6.45) is 4.44. The second-order valence-electron chi connectivity index (χ2n) is 6.31. The minimum Gasteiger partial charge on any atom is -0.345 e. The molecule has 4 rings (SSSR count). The predicted molar refractivity (Wildman–Crippen MR) is 83.7 cm³/mol. The molecule has 3 fully saturated rings. The zero-order valence-electron chi connectivity index (χ0n) is 12.5. The van der Waals surface area contributed by atoms with Crippen LogP contribution >= 0.6 is 11.3 Å². The average molecular weight is 320 g/mol. The maximum Gasteiger partial charge on any atom is 0.228 e. The molecular formula is C15H20N4O2S. The van der Waals surface area contributed by atoms with Gasteiger partial charge in [-0.15, -0.1) is 11.3 Å². The smallest absolute Gasteiger partial charge is 0.228 e. The lowest BCUT2D eigenvalue weighted by Gasteiger charge is -2.35. The van der Waals surface area contributed by atoms with Gasteiger partial charge in [0.1, 0.15) is 0 Å². The lowest BCUT2D eigenvalue weighted by molar-refractivity contribution is -0.136. The number of aromatic nitrogens is 1. The number of rotatable bonds is 3. The summed E-state index contributed by atoms with van der Waals surface area (Å²) in [7, 11) is 0. The number of anilines is 1. The summed E-state index contributed by atoms with van der Waals surface area (Å²) in [6, 6.07) is 0.423. The van der Waals surface area contributed by atoms with Crippen LogP contribution in [0.4, 0.5) is 5.13 Å². The van der Waals surface area contributed by atoms with E-state index in [1.807, 2.05) is 21.4 Å². The third-order valence-corrected chi connectivity index (χ3v) is 5.61. The minimum atomic E-state index is -0.125. The minimum absolute atomic E-state index is 0.125. The first-order chi connectivity index (χ1) is 10.7. The lowest BCUT2D eigenvalue weighted by Crippen LogP contribution is -2.50. The molecule has 22 heavy (non-hydrogen) atoms. The van der Waals surface area contributed by atoms with Crippen molar-refractivity contribution >= 4 is 28.3 Å². The van der Waals surface area contributed by atoms with E-state index in [1.165, 1.54) is 0 Å². The van der Waals surface area contributed by atoms with Gasteiger partial charge in [-0.25, -0.2) is 4.98 Å². The SMILES string of the molecule is O=C([C@@H]1CC(=O)N(C2CC2)C1)N1CCN(c2nccs2)CC1. The van der Waals surface area contributed by atoms with E-state index in [4.69, 9.17) is 0 Å². The Kier molecular flexibility index (Phi) is 3.52. The van der Waals surface area contributed by atoms with Crippen LogP contribution in [0, 0.1) is 5.92 Å². The second kappa shape index (κ2) is 5.53. The van der Waals surface area contributed by atoms with Crippen molar-refractivity contribution in [2.45, 2.75) is 25.3 Å². The molecule has 3 aliphatic rings. The van der Waals surface area contributed by atoms with Gasteiger partial charge in [0, 0.05) is 56.8 Å². The number of carbonyl (C=O) groups is 2. The van der Waals surface area contributed by atoms with Crippen LogP contribution in [0.1, 0.15) is 19.3 Å². The summed E-state index contributed by atoms with van der Waals surface area (Å²) in [6.45, 7) is 3.74. The van der Waals surface area contributed by atoms with E-state index in [0.717, 1.165) is 44.2 Å². The third-order valence-electron chi connectivity index (χ3n) is 4.78. The van der Waals surface area contributed by atoms with Crippen LogP contribution in [0.25, 0.3) is 0 Å². The van der Waals surface area contributed by atoms with E-state index < -0.39 is 0 Å². The Labute approximate surface area is 133 Å². The van der Waals surface area contributed by atoms with E-state index in [9.17, 15) is 9.59 Å². The fraction of sp³-hybridized carbons (Fsp3) is 0.667. The van der Waals surface area contributed by atoms with Gasteiger partial charge in [0.15, 0.2) is 5.13 Å². The third kappa shape index (κ3) is 2.58. The summed E-state index contributed by atoms with van der Waals surface area (Å²) in [5.74, 6) is 0.206. The maximum atomic E-state index is 12.6. The molecule has 1 atom stereocenters. The van der Waals surface area contributed by atoms with Crippen LogP contribution in [-0.2, 0) is 9.59 Å². The average Bonchev–Trinajstić information content (AvgIpc) is 3.09. The van der Waals surface area contributed by atoms with Gasteiger partial charge in [-0.05, 0) is 12.8 Å². The molecule has 7 heteroatoms. The van der Waals surface area contributed by atoms with Gasteiger partial charge < -0.3 is 14.7 Å². The Morgan fingerprint density at radius 1 is 1.23 bits per heavy atom. The van der Waals surface area contributed by atoms with Gasteiger partial charge in [-0.1, -0.05) is 0 Å². The van der Waals surface area contributed by atoms with Crippen molar-refractivity contribution in [3.63, 3.8) is 0 Å². The molecule has 2 amide bonds. The molecule has 2 aliphatic heterocycles. The van der Waals surface area contributed by atoms with Gasteiger partial charge in [-0.3, -0.25) is 9.59 Å². The van der Waals surface area contributed by atoms with Crippen LogP contribution in [0.5, 0.6) is 0 Å². The highest BCUT2D eigenvalue weighted by atomic mass is 32.1. The molecule has 0 bridgehead atoms. The van der Waals surface area contributed by atoms with Gasteiger partial charge in [0.05, 0.1) is 5.92 Å². The molecule has 118 valence electrons. The Morgan fingerprint density at radius 3 is 2.64 bits per heavy atom. The van der Waals surface area contributed by atoms with E-state index in [1.54, 1.807) is 11.3 Å². The number of amides is 2. The van der Waals surface area contributed by atoms with Crippen LogP contribution < -0.4 is 4.90 Å². The topological polar surface area (TPSA) is 56.8 Å². The Bertz CT molecular complexity index is 564. The normalized spacial score (nSPS) is 25.9. The van der Waals surface area contributed by atoms with Gasteiger partial charge in [0.25, 0.3) is 0 Å². The molecular weight excluding hydrogens is 300 g/mol. The number of hydrogen-bond acceptors (Lipinski definition) is 5. The predicted octanol–water partition coefficient (Wildman–Crippen LogP) is 0.803. The van der Waals surface area contributed by atoms with Crippen molar-refractivity contribution in [3.05, 3.63) is 11.6 Å². The molecule has 6 nitrogen and oxygen atoms in total. The number of nitrogens with zero attached hydrogens (tertiary/aromatic N) is 4. The largest absolute Gasteiger partial charge is 0.345 e. The van der Waals surface area contributed by atoms with E-state index in [-0.39, 0.29) is 17.7 Å². The molecule has 0 unspecified atom stereocenters. The van der Waals surface area contributed by atoms with Crippen molar-refractivity contribution < 1.29 is 9.59 Å².